The van der Waals surface area contributed by atoms with E-state index >= 15 is 0 Å². The van der Waals surface area contributed by atoms with E-state index < -0.39 is 17.8 Å². The van der Waals surface area contributed by atoms with Crippen molar-refractivity contribution in [3.63, 3.8) is 0 Å². The van der Waals surface area contributed by atoms with Gasteiger partial charge in [-0.2, -0.15) is 0 Å². The maximum atomic E-state index is 11.9. The van der Waals surface area contributed by atoms with Crippen LogP contribution in [0.15, 0.2) is 46.4 Å². The van der Waals surface area contributed by atoms with Gasteiger partial charge in [0, 0.05) is 0 Å². The van der Waals surface area contributed by atoms with Gasteiger partial charge in [0.15, 0.2) is 11.5 Å². The molecular formula is C24H25BrN2O6. The summed E-state index contributed by atoms with van der Waals surface area (Å²) < 4.78 is 17.6. The molecule has 4 amide bonds. The molecule has 1 aliphatic rings. The molecule has 1 aliphatic heterocycles. The highest BCUT2D eigenvalue weighted by atomic mass is 79.9. The molecule has 1 heterocycles. The second-order valence-electron chi connectivity index (χ2n) is 8.30. The number of carbonyl (C=O) groups excluding carboxylic acids is 3. The number of nitrogens with one attached hydrogen (secondary N) is 2. The number of carbonyl (C=O) groups is 3. The van der Waals surface area contributed by atoms with Crippen molar-refractivity contribution in [2.24, 2.45) is 0 Å². The zero-order valence-electron chi connectivity index (χ0n) is 18.8. The van der Waals surface area contributed by atoms with Gasteiger partial charge in [-0.15, -0.1) is 0 Å². The van der Waals surface area contributed by atoms with Crippen molar-refractivity contribution in [2.75, 3.05) is 20.3 Å². The first kappa shape index (κ1) is 24.3. The first-order chi connectivity index (χ1) is 15.6. The molecule has 0 saturated carbocycles. The summed E-state index contributed by atoms with van der Waals surface area (Å²) in [5.74, 6) is 0.0679. The van der Waals surface area contributed by atoms with Crippen LogP contribution in [0.2, 0.25) is 0 Å². The van der Waals surface area contributed by atoms with Gasteiger partial charge in [0.1, 0.15) is 24.5 Å². The Morgan fingerprint density at radius 3 is 2.12 bits per heavy atom. The fourth-order valence-electron chi connectivity index (χ4n) is 3.09. The first-order valence-corrected chi connectivity index (χ1v) is 11.0. The number of ether oxygens (including phenoxy) is 3. The molecule has 0 unspecified atom stereocenters. The highest BCUT2D eigenvalue weighted by Gasteiger charge is 2.28. The minimum Gasteiger partial charge on any atom is -0.493 e. The van der Waals surface area contributed by atoms with Crippen LogP contribution in [0.25, 0.3) is 6.08 Å². The molecular weight excluding hydrogens is 492 g/mol. The van der Waals surface area contributed by atoms with Crippen LogP contribution < -0.4 is 24.8 Å². The molecule has 1 saturated heterocycles. The number of methoxy groups -OCH3 is 1. The topological polar surface area (TPSA) is 103 Å². The molecule has 0 atom stereocenters. The average molecular weight is 517 g/mol. The molecule has 0 aromatic heterocycles. The summed E-state index contributed by atoms with van der Waals surface area (Å²) in [6.45, 7) is 7.06. The number of rotatable bonds is 7. The molecule has 0 bridgehead atoms. The van der Waals surface area contributed by atoms with Gasteiger partial charge in [0.05, 0.1) is 11.6 Å². The van der Waals surface area contributed by atoms with Crippen molar-refractivity contribution >= 4 is 39.9 Å². The normalized spacial score (nSPS) is 13.8. The molecule has 8 nitrogen and oxygen atoms in total. The number of benzene rings is 2. The van der Waals surface area contributed by atoms with Crippen molar-refractivity contribution in [1.29, 1.82) is 0 Å². The molecule has 2 aromatic carbocycles. The fraction of sp³-hybridized carbons (Fsp3) is 0.292. The highest BCUT2D eigenvalue weighted by molar-refractivity contribution is 9.10. The zero-order valence-corrected chi connectivity index (χ0v) is 20.4. The van der Waals surface area contributed by atoms with Crippen LogP contribution >= 0.6 is 15.9 Å². The maximum Gasteiger partial charge on any atom is 0.328 e. The van der Waals surface area contributed by atoms with E-state index in [1.165, 1.54) is 18.7 Å². The van der Waals surface area contributed by atoms with E-state index in [4.69, 9.17) is 14.2 Å². The van der Waals surface area contributed by atoms with Crippen molar-refractivity contribution in [1.82, 2.24) is 10.6 Å². The Hall–Kier alpha value is -3.33. The van der Waals surface area contributed by atoms with E-state index in [0.717, 1.165) is 5.75 Å². The van der Waals surface area contributed by atoms with E-state index in [2.05, 4.69) is 36.7 Å². The van der Waals surface area contributed by atoms with Crippen molar-refractivity contribution < 1.29 is 28.6 Å². The van der Waals surface area contributed by atoms with Crippen molar-refractivity contribution in [3.8, 4) is 17.2 Å². The summed E-state index contributed by atoms with van der Waals surface area (Å²) >= 11 is 3.44. The van der Waals surface area contributed by atoms with Gasteiger partial charge >= 0.3 is 6.03 Å². The van der Waals surface area contributed by atoms with Gasteiger partial charge in [0.2, 0.25) is 0 Å². The third-order valence-corrected chi connectivity index (χ3v) is 5.41. The van der Waals surface area contributed by atoms with Gasteiger partial charge in [-0.25, -0.2) is 4.79 Å². The molecule has 33 heavy (non-hydrogen) atoms. The number of imide groups is 2. The van der Waals surface area contributed by atoms with Gasteiger partial charge in [-0.05, 0) is 62.8 Å². The van der Waals surface area contributed by atoms with Crippen molar-refractivity contribution in [2.45, 2.75) is 26.2 Å². The Kier molecular flexibility index (Phi) is 7.43. The van der Waals surface area contributed by atoms with Crippen LogP contribution in [0.4, 0.5) is 4.79 Å². The number of hydrogen-bond acceptors (Lipinski definition) is 6. The summed E-state index contributed by atoms with van der Waals surface area (Å²) in [6, 6.07) is 10.4. The van der Waals surface area contributed by atoms with Crippen LogP contribution in [0, 0.1) is 0 Å². The van der Waals surface area contributed by atoms with E-state index in [0.29, 0.717) is 28.1 Å². The molecule has 9 heteroatoms. The molecule has 3 rings (SSSR count). The predicted octanol–water partition coefficient (Wildman–Crippen LogP) is 3.96. The second kappa shape index (κ2) is 10.1. The van der Waals surface area contributed by atoms with Gasteiger partial charge in [-0.1, -0.05) is 32.9 Å². The van der Waals surface area contributed by atoms with Gasteiger partial charge in [0.25, 0.3) is 11.8 Å². The number of amides is 4. The third-order valence-electron chi connectivity index (χ3n) is 4.82. The Balaban J connectivity index is 1.65. The fourth-order valence-corrected chi connectivity index (χ4v) is 3.66. The number of hydrogen-bond donors (Lipinski definition) is 2. The second-order valence-corrected chi connectivity index (χ2v) is 9.16. The predicted molar refractivity (Wildman–Crippen MR) is 126 cm³/mol. The number of barbiturate groups is 1. The molecule has 0 spiro atoms. The van der Waals surface area contributed by atoms with Crippen LogP contribution in [0.3, 0.4) is 0 Å². The van der Waals surface area contributed by atoms with Gasteiger partial charge in [-0.3, -0.25) is 20.2 Å². The average Bonchev–Trinajstić information content (AvgIpc) is 2.74. The van der Waals surface area contributed by atoms with Crippen LogP contribution in [-0.2, 0) is 15.0 Å². The summed E-state index contributed by atoms with van der Waals surface area (Å²) in [5.41, 5.74) is 1.62. The lowest BCUT2D eigenvalue weighted by atomic mass is 9.87. The van der Waals surface area contributed by atoms with E-state index in [1.54, 1.807) is 12.1 Å². The number of halogens is 1. The summed E-state index contributed by atoms with van der Waals surface area (Å²) in [6.07, 6.45) is 1.36. The van der Waals surface area contributed by atoms with Gasteiger partial charge < -0.3 is 14.2 Å². The Morgan fingerprint density at radius 2 is 1.55 bits per heavy atom. The highest BCUT2D eigenvalue weighted by Crippen LogP contribution is 2.37. The Bertz CT molecular complexity index is 1080. The van der Waals surface area contributed by atoms with Crippen LogP contribution in [-0.4, -0.2) is 38.2 Å². The minimum absolute atomic E-state index is 0.0780. The first-order valence-electron chi connectivity index (χ1n) is 10.2. The van der Waals surface area contributed by atoms with E-state index in [9.17, 15) is 14.4 Å². The molecule has 2 N–H and O–H groups in total. The lowest BCUT2D eigenvalue weighted by Gasteiger charge is -2.19. The molecule has 0 aliphatic carbocycles. The molecule has 2 aromatic rings. The van der Waals surface area contributed by atoms with E-state index in [-0.39, 0.29) is 17.6 Å². The molecule has 174 valence electrons. The molecule has 0 radical (unpaired) electrons. The smallest absolute Gasteiger partial charge is 0.328 e. The SMILES string of the molecule is COc1cc(C=C2C(=O)NC(=O)NC2=O)cc(Br)c1OCCOc1ccc(C(C)(C)C)cc1. The standard InChI is InChI=1S/C24H25BrN2O6/c1-24(2,3)15-5-7-16(8-6-15)32-9-10-33-20-18(25)12-14(13-19(20)31-4)11-17-21(28)26-23(30)27-22(17)29/h5-8,11-13H,9-10H2,1-4H3,(H2,26,27,28,29,30). The summed E-state index contributed by atoms with van der Waals surface area (Å²) in [4.78, 5) is 35.1. The lowest BCUT2D eigenvalue weighted by Crippen LogP contribution is -2.51. The Morgan fingerprint density at radius 1 is 0.939 bits per heavy atom. The quantitative estimate of drug-likeness (QED) is 0.328. The summed E-state index contributed by atoms with van der Waals surface area (Å²) in [7, 11) is 1.48. The Labute approximate surface area is 200 Å². The summed E-state index contributed by atoms with van der Waals surface area (Å²) in [5, 5.41) is 4.07. The monoisotopic (exact) mass is 516 g/mol. The van der Waals surface area contributed by atoms with Crippen LogP contribution in [0.5, 0.6) is 17.2 Å². The van der Waals surface area contributed by atoms with Crippen LogP contribution in [0.1, 0.15) is 31.9 Å². The number of urea groups is 1. The largest absolute Gasteiger partial charge is 0.493 e. The maximum absolute atomic E-state index is 11.9. The third kappa shape index (κ3) is 6.13. The lowest BCUT2D eigenvalue weighted by molar-refractivity contribution is -0.123. The minimum atomic E-state index is -0.850. The molecule has 1 fully saturated rings. The van der Waals surface area contributed by atoms with Crippen molar-refractivity contribution in [3.05, 3.63) is 57.6 Å². The van der Waals surface area contributed by atoms with E-state index in [1.807, 2.05) is 34.9 Å². The zero-order chi connectivity index (χ0) is 24.2.